The molecule has 1 N–H and O–H groups in total. The molecule has 1 aromatic carbocycles. The highest BCUT2D eigenvalue weighted by Gasteiger charge is 2.10. The van der Waals surface area contributed by atoms with E-state index < -0.39 is 0 Å². The molecular formula is C17H19N3. The van der Waals surface area contributed by atoms with Gasteiger partial charge in [-0.25, -0.2) is 0 Å². The molecule has 3 heteroatoms. The van der Waals surface area contributed by atoms with Gasteiger partial charge in [0.15, 0.2) is 0 Å². The average Bonchev–Trinajstić information content (AvgIpc) is 2.71. The Hall–Kier alpha value is -2.29. The molecule has 0 aliphatic carbocycles. The molecule has 0 aliphatic rings. The van der Waals surface area contributed by atoms with E-state index in [1.165, 1.54) is 27.7 Å². The number of hydrogen-bond acceptors (Lipinski definition) is 2. The Morgan fingerprint density at radius 3 is 2.70 bits per heavy atom. The van der Waals surface area contributed by atoms with Crippen LogP contribution >= 0.6 is 0 Å². The van der Waals surface area contributed by atoms with E-state index in [2.05, 4.69) is 60.0 Å². The molecular weight excluding hydrogens is 246 g/mol. The largest absolute Gasteiger partial charge is 0.378 e. The summed E-state index contributed by atoms with van der Waals surface area (Å²) in [6.07, 6.45) is 3.70. The first-order valence-electron chi connectivity index (χ1n) is 6.86. The molecule has 0 saturated heterocycles. The molecule has 20 heavy (non-hydrogen) atoms. The van der Waals surface area contributed by atoms with E-state index in [-0.39, 0.29) is 0 Å². The summed E-state index contributed by atoms with van der Waals surface area (Å²) >= 11 is 0. The third kappa shape index (κ3) is 2.05. The minimum absolute atomic E-state index is 0.809. The second-order valence-electron chi connectivity index (χ2n) is 5.19. The minimum Gasteiger partial charge on any atom is -0.378 e. The highest BCUT2D eigenvalue weighted by molar-refractivity contribution is 5.85. The van der Waals surface area contributed by atoms with Crippen LogP contribution in [-0.2, 0) is 13.6 Å². The molecule has 2 aromatic heterocycles. The highest BCUT2D eigenvalue weighted by atomic mass is 15.0. The summed E-state index contributed by atoms with van der Waals surface area (Å²) < 4.78 is 2.27. The molecule has 2 heterocycles. The quantitative estimate of drug-likeness (QED) is 0.780. The number of nitrogens with one attached hydrogen (secondary N) is 1. The van der Waals surface area contributed by atoms with Gasteiger partial charge in [-0.3, -0.25) is 4.98 Å². The zero-order chi connectivity index (χ0) is 14.1. The number of para-hydroxylation sites is 1. The number of anilines is 1. The topological polar surface area (TPSA) is 29.9 Å². The molecule has 0 bridgehead atoms. The van der Waals surface area contributed by atoms with Crippen LogP contribution in [0.15, 0.2) is 42.7 Å². The number of pyridine rings is 1. The van der Waals surface area contributed by atoms with E-state index >= 15 is 0 Å². The Morgan fingerprint density at radius 1 is 1.15 bits per heavy atom. The Morgan fingerprint density at radius 2 is 1.95 bits per heavy atom. The molecule has 0 saturated carbocycles. The fourth-order valence-corrected chi connectivity index (χ4v) is 2.71. The summed E-state index contributed by atoms with van der Waals surface area (Å²) in [5.74, 6) is 0. The van der Waals surface area contributed by atoms with Crippen LogP contribution in [-0.4, -0.2) is 9.55 Å². The summed E-state index contributed by atoms with van der Waals surface area (Å²) in [6.45, 7) is 5.09. The van der Waals surface area contributed by atoms with Crippen molar-refractivity contribution < 1.29 is 0 Å². The maximum Gasteiger partial charge on any atom is 0.0559 e. The molecule has 3 aromatic rings. The third-order valence-corrected chi connectivity index (χ3v) is 3.99. The van der Waals surface area contributed by atoms with Gasteiger partial charge in [-0.05, 0) is 37.1 Å². The van der Waals surface area contributed by atoms with Crippen LogP contribution in [0.1, 0.15) is 16.8 Å². The summed E-state index contributed by atoms with van der Waals surface area (Å²) in [7, 11) is 2.13. The van der Waals surface area contributed by atoms with Crippen molar-refractivity contribution in [1.82, 2.24) is 9.55 Å². The predicted octanol–water partition coefficient (Wildman–Crippen LogP) is 3.80. The predicted molar refractivity (Wildman–Crippen MR) is 84.0 cm³/mol. The average molecular weight is 265 g/mol. The van der Waals surface area contributed by atoms with Crippen molar-refractivity contribution in [2.45, 2.75) is 20.4 Å². The van der Waals surface area contributed by atoms with E-state index in [0.29, 0.717) is 0 Å². The van der Waals surface area contributed by atoms with Crippen molar-refractivity contribution in [3.05, 3.63) is 59.5 Å². The monoisotopic (exact) mass is 265 g/mol. The Kier molecular flexibility index (Phi) is 3.18. The maximum atomic E-state index is 4.18. The van der Waals surface area contributed by atoms with Crippen molar-refractivity contribution in [2.75, 3.05) is 5.32 Å². The smallest absolute Gasteiger partial charge is 0.0559 e. The lowest BCUT2D eigenvalue weighted by molar-refractivity contribution is 0.861. The summed E-state index contributed by atoms with van der Waals surface area (Å²) in [5, 5.41) is 4.82. The van der Waals surface area contributed by atoms with Gasteiger partial charge in [0, 0.05) is 29.8 Å². The molecule has 0 unspecified atom stereocenters. The normalized spacial score (nSPS) is 10.9. The summed E-state index contributed by atoms with van der Waals surface area (Å²) in [4.78, 5) is 4.18. The second kappa shape index (κ2) is 5.00. The van der Waals surface area contributed by atoms with E-state index in [4.69, 9.17) is 0 Å². The van der Waals surface area contributed by atoms with Crippen molar-refractivity contribution in [3.63, 3.8) is 0 Å². The minimum atomic E-state index is 0.809. The van der Waals surface area contributed by atoms with Crippen molar-refractivity contribution >= 4 is 16.6 Å². The molecule has 0 atom stereocenters. The number of fused-ring (bicyclic) bond motifs is 1. The Balaban J connectivity index is 1.94. The van der Waals surface area contributed by atoms with Gasteiger partial charge in [-0.2, -0.15) is 0 Å². The maximum absolute atomic E-state index is 4.18. The van der Waals surface area contributed by atoms with E-state index in [1.54, 1.807) is 0 Å². The van der Waals surface area contributed by atoms with Gasteiger partial charge in [-0.15, -0.1) is 0 Å². The van der Waals surface area contributed by atoms with Crippen molar-refractivity contribution in [3.8, 4) is 0 Å². The number of aromatic nitrogens is 2. The van der Waals surface area contributed by atoms with Crippen LogP contribution in [0, 0.1) is 13.8 Å². The van der Waals surface area contributed by atoms with Crippen LogP contribution in [0.2, 0.25) is 0 Å². The fourth-order valence-electron chi connectivity index (χ4n) is 2.71. The molecule has 0 radical (unpaired) electrons. The zero-order valence-electron chi connectivity index (χ0n) is 12.1. The van der Waals surface area contributed by atoms with Crippen LogP contribution in [0.5, 0.6) is 0 Å². The number of hydrogen-bond donors (Lipinski definition) is 1. The van der Waals surface area contributed by atoms with Crippen LogP contribution in [0.25, 0.3) is 10.9 Å². The third-order valence-electron chi connectivity index (χ3n) is 3.99. The summed E-state index contributed by atoms with van der Waals surface area (Å²) in [5.41, 5.74) is 6.25. The Labute approximate surface area is 119 Å². The SMILES string of the molecule is Cc1ccncc1NCc1c(C)c2ccccc2n1C. The van der Waals surface area contributed by atoms with Crippen LogP contribution in [0.3, 0.4) is 0 Å². The number of benzene rings is 1. The molecule has 0 aliphatic heterocycles. The molecule has 0 amide bonds. The van der Waals surface area contributed by atoms with Gasteiger partial charge in [0.2, 0.25) is 0 Å². The molecule has 3 rings (SSSR count). The first-order chi connectivity index (χ1) is 9.68. The second-order valence-corrected chi connectivity index (χ2v) is 5.19. The lowest BCUT2D eigenvalue weighted by atomic mass is 10.1. The van der Waals surface area contributed by atoms with Crippen molar-refractivity contribution in [1.29, 1.82) is 0 Å². The van der Waals surface area contributed by atoms with Crippen molar-refractivity contribution in [2.24, 2.45) is 7.05 Å². The highest BCUT2D eigenvalue weighted by Crippen LogP contribution is 2.25. The number of aryl methyl sites for hydroxylation is 3. The standard InChI is InChI=1S/C17H19N3/c1-12-8-9-18-10-15(12)19-11-17-13(2)14-6-4-5-7-16(14)20(17)3/h4-10,19H,11H2,1-3H3. The molecule has 0 fully saturated rings. The number of rotatable bonds is 3. The van der Waals surface area contributed by atoms with Gasteiger partial charge >= 0.3 is 0 Å². The fraction of sp³-hybridized carbons (Fsp3) is 0.235. The number of nitrogens with zero attached hydrogens (tertiary/aromatic N) is 2. The van der Waals surface area contributed by atoms with E-state index in [0.717, 1.165) is 12.2 Å². The lowest BCUT2D eigenvalue weighted by Crippen LogP contribution is -2.07. The van der Waals surface area contributed by atoms with E-state index in [1.807, 2.05) is 18.5 Å². The van der Waals surface area contributed by atoms with Gasteiger partial charge in [0.05, 0.1) is 18.4 Å². The lowest BCUT2D eigenvalue weighted by Gasteiger charge is -2.10. The molecule has 3 nitrogen and oxygen atoms in total. The van der Waals surface area contributed by atoms with Gasteiger partial charge in [0.1, 0.15) is 0 Å². The molecule has 102 valence electrons. The van der Waals surface area contributed by atoms with E-state index in [9.17, 15) is 0 Å². The zero-order valence-corrected chi connectivity index (χ0v) is 12.1. The first-order valence-corrected chi connectivity index (χ1v) is 6.86. The van der Waals surface area contributed by atoms with Crippen LogP contribution < -0.4 is 5.32 Å². The van der Waals surface area contributed by atoms with Gasteiger partial charge < -0.3 is 9.88 Å². The molecule has 0 spiro atoms. The first kappa shape index (κ1) is 12.7. The van der Waals surface area contributed by atoms with Gasteiger partial charge in [-0.1, -0.05) is 18.2 Å². The van der Waals surface area contributed by atoms with Gasteiger partial charge in [0.25, 0.3) is 0 Å². The summed E-state index contributed by atoms with van der Waals surface area (Å²) in [6, 6.07) is 10.6. The van der Waals surface area contributed by atoms with Crippen LogP contribution in [0.4, 0.5) is 5.69 Å². The Bertz CT molecular complexity index is 717.